The molecule has 9 heteroatoms. The van der Waals surface area contributed by atoms with E-state index in [4.69, 9.17) is 0 Å². The fourth-order valence-electron chi connectivity index (χ4n) is 3.13. The van der Waals surface area contributed by atoms with Gasteiger partial charge in [-0.2, -0.15) is 0 Å². The van der Waals surface area contributed by atoms with Crippen molar-refractivity contribution in [3.8, 4) is 0 Å². The average Bonchev–Trinajstić information content (AvgIpc) is 3.49. The van der Waals surface area contributed by atoms with E-state index in [-0.39, 0.29) is 27.8 Å². The van der Waals surface area contributed by atoms with Crippen LogP contribution in [-0.2, 0) is 14.8 Å². The van der Waals surface area contributed by atoms with Gasteiger partial charge in [0.25, 0.3) is 11.8 Å². The van der Waals surface area contributed by atoms with Gasteiger partial charge in [0, 0.05) is 17.6 Å². The SMILES string of the molecule is CC(NS(=O)(=O)c1ccc2c(c1)C(=O)NC2=O)c1ccc(NC(=O)C2CC2)cc1. The first kappa shape index (κ1) is 19.3. The van der Waals surface area contributed by atoms with Gasteiger partial charge in [0.1, 0.15) is 0 Å². The molecule has 2 aromatic carbocycles. The molecule has 3 amide bonds. The van der Waals surface area contributed by atoms with E-state index in [9.17, 15) is 22.8 Å². The number of fused-ring (bicyclic) bond motifs is 1. The molecular weight excluding hydrogens is 394 g/mol. The van der Waals surface area contributed by atoms with E-state index in [2.05, 4.69) is 15.4 Å². The molecule has 2 aliphatic rings. The molecule has 2 aromatic rings. The Morgan fingerprint density at radius 1 is 1.03 bits per heavy atom. The highest BCUT2D eigenvalue weighted by atomic mass is 32.2. The second-order valence-electron chi connectivity index (χ2n) is 7.22. The number of benzene rings is 2. The highest BCUT2D eigenvalue weighted by molar-refractivity contribution is 7.89. The zero-order valence-corrected chi connectivity index (χ0v) is 16.4. The van der Waals surface area contributed by atoms with Crippen molar-refractivity contribution in [3.63, 3.8) is 0 Å². The van der Waals surface area contributed by atoms with Crippen molar-refractivity contribution in [2.75, 3.05) is 5.32 Å². The Morgan fingerprint density at radius 3 is 2.34 bits per heavy atom. The van der Waals surface area contributed by atoms with Gasteiger partial charge in [0.2, 0.25) is 15.9 Å². The molecule has 0 saturated heterocycles. The molecule has 29 heavy (non-hydrogen) atoms. The van der Waals surface area contributed by atoms with Crippen LogP contribution in [0.15, 0.2) is 47.4 Å². The Kier molecular flexibility index (Phi) is 4.71. The first-order valence-corrected chi connectivity index (χ1v) is 10.7. The largest absolute Gasteiger partial charge is 0.326 e. The summed E-state index contributed by atoms with van der Waals surface area (Å²) in [5, 5.41) is 4.97. The second kappa shape index (κ2) is 7.09. The second-order valence-corrected chi connectivity index (χ2v) is 8.93. The molecule has 4 rings (SSSR count). The summed E-state index contributed by atoms with van der Waals surface area (Å²) in [5.41, 5.74) is 1.58. The van der Waals surface area contributed by atoms with Crippen molar-refractivity contribution >= 4 is 33.4 Å². The van der Waals surface area contributed by atoms with Crippen molar-refractivity contribution in [2.45, 2.75) is 30.7 Å². The molecule has 1 fully saturated rings. The molecular formula is C20H19N3O5S. The van der Waals surface area contributed by atoms with Crippen LogP contribution in [0.5, 0.6) is 0 Å². The molecule has 1 aliphatic heterocycles. The van der Waals surface area contributed by atoms with E-state index in [1.54, 1.807) is 31.2 Å². The number of hydrogen-bond donors (Lipinski definition) is 3. The maximum absolute atomic E-state index is 12.7. The highest BCUT2D eigenvalue weighted by Crippen LogP contribution is 2.30. The third-order valence-electron chi connectivity index (χ3n) is 4.98. The van der Waals surface area contributed by atoms with Gasteiger partial charge in [-0.05, 0) is 55.7 Å². The van der Waals surface area contributed by atoms with Crippen LogP contribution in [0, 0.1) is 5.92 Å². The van der Waals surface area contributed by atoms with Crippen LogP contribution in [0.1, 0.15) is 52.1 Å². The maximum atomic E-state index is 12.7. The molecule has 1 unspecified atom stereocenters. The predicted molar refractivity (Wildman–Crippen MR) is 105 cm³/mol. The molecule has 0 radical (unpaired) electrons. The van der Waals surface area contributed by atoms with E-state index in [1.807, 2.05) is 0 Å². The van der Waals surface area contributed by atoms with Crippen molar-refractivity contribution in [1.82, 2.24) is 10.0 Å². The first-order valence-electron chi connectivity index (χ1n) is 9.17. The topological polar surface area (TPSA) is 121 Å². The molecule has 0 aromatic heterocycles. The number of carbonyl (C=O) groups is 3. The third kappa shape index (κ3) is 3.92. The number of imide groups is 1. The van der Waals surface area contributed by atoms with Gasteiger partial charge in [0.15, 0.2) is 0 Å². The molecule has 1 atom stereocenters. The summed E-state index contributed by atoms with van der Waals surface area (Å²) in [5.74, 6) is -1.04. The van der Waals surface area contributed by atoms with E-state index in [1.165, 1.54) is 18.2 Å². The van der Waals surface area contributed by atoms with Gasteiger partial charge in [-0.3, -0.25) is 19.7 Å². The van der Waals surface area contributed by atoms with Crippen molar-refractivity contribution < 1.29 is 22.8 Å². The summed E-state index contributed by atoms with van der Waals surface area (Å²) < 4.78 is 28.0. The van der Waals surface area contributed by atoms with Crippen LogP contribution < -0.4 is 15.4 Å². The van der Waals surface area contributed by atoms with Crippen LogP contribution >= 0.6 is 0 Å². The van der Waals surface area contributed by atoms with Gasteiger partial charge in [-0.25, -0.2) is 13.1 Å². The lowest BCUT2D eigenvalue weighted by Crippen LogP contribution is -2.27. The summed E-state index contributed by atoms with van der Waals surface area (Å²) in [6.07, 6.45) is 1.84. The third-order valence-corrected chi connectivity index (χ3v) is 6.51. The summed E-state index contributed by atoms with van der Waals surface area (Å²) in [4.78, 5) is 35.1. The minimum absolute atomic E-state index is 0.00521. The Hall–Kier alpha value is -3.04. The lowest BCUT2D eigenvalue weighted by molar-refractivity contribution is -0.117. The molecule has 1 saturated carbocycles. The lowest BCUT2D eigenvalue weighted by atomic mass is 10.1. The van der Waals surface area contributed by atoms with Crippen LogP contribution in [0.2, 0.25) is 0 Å². The van der Waals surface area contributed by atoms with Crippen molar-refractivity contribution in [2.24, 2.45) is 5.92 Å². The fraction of sp³-hybridized carbons (Fsp3) is 0.250. The van der Waals surface area contributed by atoms with Crippen LogP contribution in [0.4, 0.5) is 5.69 Å². The molecule has 8 nitrogen and oxygen atoms in total. The van der Waals surface area contributed by atoms with E-state index in [0.717, 1.165) is 12.8 Å². The van der Waals surface area contributed by atoms with Gasteiger partial charge >= 0.3 is 0 Å². The Balaban J connectivity index is 1.48. The number of carbonyl (C=O) groups excluding carboxylic acids is 3. The summed E-state index contributed by atoms with van der Waals surface area (Å²) >= 11 is 0. The van der Waals surface area contributed by atoms with Crippen molar-refractivity contribution in [3.05, 3.63) is 59.2 Å². The van der Waals surface area contributed by atoms with Crippen LogP contribution in [0.25, 0.3) is 0 Å². The number of hydrogen-bond acceptors (Lipinski definition) is 5. The number of anilines is 1. The van der Waals surface area contributed by atoms with Crippen LogP contribution in [0.3, 0.4) is 0 Å². The van der Waals surface area contributed by atoms with Gasteiger partial charge in [-0.1, -0.05) is 12.1 Å². The average molecular weight is 413 g/mol. The Morgan fingerprint density at radius 2 is 1.69 bits per heavy atom. The number of nitrogens with one attached hydrogen (secondary N) is 3. The molecule has 0 spiro atoms. The van der Waals surface area contributed by atoms with Crippen LogP contribution in [-0.4, -0.2) is 26.1 Å². The molecule has 1 aliphatic carbocycles. The first-order chi connectivity index (χ1) is 13.7. The van der Waals surface area contributed by atoms with Gasteiger partial charge in [0.05, 0.1) is 16.0 Å². The maximum Gasteiger partial charge on any atom is 0.258 e. The van der Waals surface area contributed by atoms with E-state index >= 15 is 0 Å². The molecule has 150 valence electrons. The fourth-order valence-corrected chi connectivity index (χ4v) is 4.39. The lowest BCUT2D eigenvalue weighted by Gasteiger charge is -2.16. The molecule has 3 N–H and O–H groups in total. The summed E-state index contributed by atoms with van der Waals surface area (Å²) in [7, 11) is -3.91. The quantitative estimate of drug-likeness (QED) is 0.625. The Labute approximate surface area is 167 Å². The summed E-state index contributed by atoms with van der Waals surface area (Å²) in [6, 6.07) is 10.2. The molecule has 1 heterocycles. The van der Waals surface area contributed by atoms with E-state index in [0.29, 0.717) is 11.3 Å². The summed E-state index contributed by atoms with van der Waals surface area (Å²) in [6.45, 7) is 1.69. The normalized spacial score (nSPS) is 16.9. The minimum Gasteiger partial charge on any atom is -0.326 e. The monoisotopic (exact) mass is 413 g/mol. The Bertz CT molecular complexity index is 1120. The standard InChI is InChI=1S/C20H19N3O5S/c1-11(12-4-6-14(7-5-12)21-18(24)13-2-3-13)23-29(27,28)15-8-9-16-17(10-15)20(26)22-19(16)25/h4-11,13,23H,2-3H2,1H3,(H,21,24)(H,22,25,26). The highest BCUT2D eigenvalue weighted by Gasteiger charge is 2.30. The zero-order valence-electron chi connectivity index (χ0n) is 15.6. The minimum atomic E-state index is -3.91. The number of amides is 3. The zero-order chi connectivity index (χ0) is 20.8. The van der Waals surface area contributed by atoms with E-state index < -0.39 is 27.9 Å². The number of rotatable bonds is 6. The predicted octanol–water partition coefficient (Wildman–Crippen LogP) is 1.96. The number of sulfonamides is 1. The van der Waals surface area contributed by atoms with Gasteiger partial charge < -0.3 is 5.32 Å². The van der Waals surface area contributed by atoms with Crippen molar-refractivity contribution in [1.29, 1.82) is 0 Å². The molecule has 0 bridgehead atoms. The van der Waals surface area contributed by atoms with Gasteiger partial charge in [-0.15, -0.1) is 0 Å². The smallest absolute Gasteiger partial charge is 0.258 e.